The second kappa shape index (κ2) is 18.4. The van der Waals surface area contributed by atoms with Gasteiger partial charge >= 0.3 is 0 Å². The number of fused-ring (bicyclic) bond motifs is 3. The zero-order chi connectivity index (χ0) is 36.2. The lowest BCUT2D eigenvalue weighted by Crippen LogP contribution is -2.65. The molecule has 1 saturated carbocycles. The Morgan fingerprint density at radius 2 is 1.55 bits per heavy atom. The van der Waals surface area contributed by atoms with Crippen molar-refractivity contribution in [3.05, 3.63) is 34.1 Å². The van der Waals surface area contributed by atoms with Gasteiger partial charge in [-0.05, 0) is 57.5 Å². The molecule has 4 rings (SSSR count). The molecule has 4 atom stereocenters. The summed E-state index contributed by atoms with van der Waals surface area (Å²) in [5.41, 5.74) is 2.59. The van der Waals surface area contributed by atoms with Gasteiger partial charge in [-0.25, -0.2) is 0 Å². The highest BCUT2D eigenvalue weighted by molar-refractivity contribution is 6.24. The van der Waals surface area contributed by atoms with Gasteiger partial charge in [-0.3, -0.25) is 24.1 Å². The maximum Gasteiger partial charge on any atom is 0.255 e. The van der Waals surface area contributed by atoms with E-state index in [1.54, 1.807) is 39.2 Å². The third-order valence-electron chi connectivity index (χ3n) is 10.2. The van der Waals surface area contributed by atoms with E-state index < -0.39 is 69.7 Å². The number of nitrogens with two attached hydrogens (primary N) is 1. The molecule has 0 heterocycles. The summed E-state index contributed by atoms with van der Waals surface area (Å²) in [4.78, 5) is 55.8. The van der Waals surface area contributed by atoms with Crippen molar-refractivity contribution in [2.75, 3.05) is 51.5 Å². The lowest BCUT2D eigenvalue weighted by molar-refractivity contribution is -0.153. The Hall–Kier alpha value is -3.36. The number of phenols is 1. The van der Waals surface area contributed by atoms with Crippen LogP contribution in [0.4, 0.5) is 11.4 Å². The minimum absolute atomic E-state index is 0. The molecule has 0 spiro atoms. The molecule has 0 bridgehead atoms. The Labute approximate surface area is 312 Å². The number of nitrogens with one attached hydrogen (secondary N) is 2. The summed E-state index contributed by atoms with van der Waals surface area (Å²) in [5.74, 6) is -7.67. The fraction of sp³-hybridized carbons (Fsp3) is 0.611. The van der Waals surface area contributed by atoms with Crippen molar-refractivity contribution in [3.63, 3.8) is 0 Å². The van der Waals surface area contributed by atoms with Gasteiger partial charge in [0.05, 0.1) is 23.8 Å². The third-order valence-corrected chi connectivity index (χ3v) is 10.2. The Balaban J connectivity index is 0.00000451. The minimum atomic E-state index is -2.73. The quantitative estimate of drug-likeness (QED) is 0.0731. The van der Waals surface area contributed by atoms with Gasteiger partial charge in [-0.1, -0.05) is 58.3 Å². The van der Waals surface area contributed by atoms with Gasteiger partial charge in [0.15, 0.2) is 11.4 Å². The molecule has 3 unspecified atom stereocenters. The lowest BCUT2D eigenvalue weighted by atomic mass is 9.57. The van der Waals surface area contributed by atoms with E-state index in [1.165, 1.54) is 43.4 Å². The molecule has 15 heteroatoms. The number of ketones is 2. The van der Waals surface area contributed by atoms with Crippen LogP contribution in [0, 0.1) is 11.8 Å². The van der Waals surface area contributed by atoms with Gasteiger partial charge in [-0.2, -0.15) is 0 Å². The first-order valence-electron chi connectivity index (χ1n) is 17.4. The smallest absolute Gasteiger partial charge is 0.255 e. The van der Waals surface area contributed by atoms with E-state index in [-0.39, 0.29) is 61.0 Å². The van der Waals surface area contributed by atoms with Crippen molar-refractivity contribution in [2.24, 2.45) is 17.6 Å². The first kappa shape index (κ1) is 43.8. The summed E-state index contributed by atoms with van der Waals surface area (Å²) in [6, 6.07) is 0.442. The second-order valence-electron chi connectivity index (χ2n) is 14.1. The van der Waals surface area contributed by atoms with E-state index in [4.69, 9.17) is 5.73 Å². The molecular weight excluding hydrogens is 701 g/mol. The first-order valence-corrected chi connectivity index (χ1v) is 17.4. The van der Waals surface area contributed by atoms with E-state index >= 15 is 0 Å². The van der Waals surface area contributed by atoms with Crippen LogP contribution in [0.1, 0.15) is 82.3 Å². The van der Waals surface area contributed by atoms with Crippen LogP contribution in [0.15, 0.2) is 23.0 Å². The van der Waals surface area contributed by atoms with Crippen molar-refractivity contribution < 1.29 is 39.6 Å². The third kappa shape index (κ3) is 8.65. The van der Waals surface area contributed by atoms with Crippen LogP contribution >= 0.6 is 24.8 Å². The number of anilines is 2. The van der Waals surface area contributed by atoms with Gasteiger partial charge in [0.25, 0.3) is 5.91 Å². The van der Waals surface area contributed by atoms with Crippen molar-refractivity contribution in [1.29, 1.82) is 0 Å². The maximum atomic E-state index is 14.2. The first-order chi connectivity index (χ1) is 23.2. The van der Waals surface area contributed by atoms with Crippen molar-refractivity contribution in [1.82, 2.24) is 10.2 Å². The summed E-state index contributed by atoms with van der Waals surface area (Å²) < 4.78 is 0. The fourth-order valence-corrected chi connectivity index (χ4v) is 7.74. The van der Waals surface area contributed by atoms with E-state index in [1.807, 2.05) is 0 Å². The van der Waals surface area contributed by atoms with E-state index in [0.717, 1.165) is 19.3 Å². The van der Waals surface area contributed by atoms with Crippen LogP contribution in [-0.4, -0.2) is 102 Å². The predicted octanol–water partition coefficient (Wildman–Crippen LogP) is 3.93. The molecule has 0 radical (unpaired) electrons. The Kier molecular flexibility index (Phi) is 15.8. The molecule has 1 aromatic rings. The molecule has 3 aliphatic rings. The van der Waals surface area contributed by atoms with E-state index in [0.29, 0.717) is 17.8 Å². The van der Waals surface area contributed by atoms with Crippen LogP contribution < -0.4 is 21.3 Å². The molecule has 2 amide bonds. The average Bonchev–Trinajstić information content (AvgIpc) is 3.02. The number of nitrogens with zero attached hydrogens (tertiary/aromatic N) is 2. The summed E-state index contributed by atoms with van der Waals surface area (Å²) >= 11 is 0. The summed E-state index contributed by atoms with van der Waals surface area (Å²) in [5, 5.41) is 51.8. The molecule has 0 aliphatic heterocycles. The number of phenolic OH excluding ortho intramolecular Hbond substituents is 1. The molecule has 13 nitrogen and oxygen atoms in total. The average molecular weight is 757 g/mol. The number of unbranched alkanes of at least 4 members (excludes halogenated alkanes) is 8. The lowest BCUT2D eigenvalue weighted by Gasteiger charge is -2.50. The highest BCUT2D eigenvalue weighted by Crippen LogP contribution is 2.54. The van der Waals surface area contributed by atoms with Gasteiger partial charge in [0, 0.05) is 31.3 Å². The Morgan fingerprint density at radius 3 is 2.10 bits per heavy atom. The molecule has 286 valence electrons. The van der Waals surface area contributed by atoms with Crippen molar-refractivity contribution in [3.8, 4) is 5.75 Å². The van der Waals surface area contributed by atoms with Crippen LogP contribution in [0.2, 0.25) is 0 Å². The number of aliphatic hydroxyl groups excluding tert-OH is 2. The van der Waals surface area contributed by atoms with Crippen LogP contribution in [0.3, 0.4) is 0 Å². The number of hydrogen-bond donors (Lipinski definition) is 7. The second-order valence-corrected chi connectivity index (χ2v) is 14.1. The van der Waals surface area contributed by atoms with Gasteiger partial charge < -0.3 is 41.7 Å². The number of Topliss-reactive ketones (excluding diaryl/α,β-unsaturated/α-hetero) is 2. The summed E-state index contributed by atoms with van der Waals surface area (Å²) in [7, 11) is 6.64. The summed E-state index contributed by atoms with van der Waals surface area (Å²) in [6.07, 6.45) is 10.9. The minimum Gasteiger partial charge on any atom is -0.508 e. The summed E-state index contributed by atoms with van der Waals surface area (Å²) in [6.45, 7) is 2.88. The molecular formula is C36H55Cl2N5O8. The largest absolute Gasteiger partial charge is 0.508 e. The number of rotatable bonds is 16. The number of amides is 2. The topological polar surface area (TPSA) is 206 Å². The number of carbonyl (C=O) groups excluding carboxylic acids is 4. The Morgan fingerprint density at radius 1 is 0.961 bits per heavy atom. The fourth-order valence-electron chi connectivity index (χ4n) is 7.74. The normalized spacial score (nSPS) is 22.5. The molecule has 8 N–H and O–H groups in total. The molecule has 51 heavy (non-hydrogen) atoms. The standard InChI is InChI=1S/C36H53N5O8.2ClH/c1-6-7-8-9-10-11-12-13-14-15-38-19-25(42)39-23-18-24(40(2)3)21-16-20-17-22-29(41(4)5)32(45)28(35(37)48)34(47)36(22,49)33(46)26(20)31(44)27(21)30(23)43;;/h18,20,22,29,38,43-44,47,49H,6-17,19H2,1-5H3,(H2,37,48)(H,39,42);2*1H/t20?,22?,29-,36?;;/m0../s1. The maximum absolute atomic E-state index is 14.2. The Bertz CT molecular complexity index is 1550. The molecule has 1 fully saturated rings. The van der Waals surface area contributed by atoms with Crippen LogP contribution in [-0.2, 0) is 25.6 Å². The number of primary amides is 1. The van der Waals surface area contributed by atoms with E-state index in [9.17, 15) is 39.6 Å². The monoisotopic (exact) mass is 755 g/mol. The number of aromatic hydroxyl groups is 1. The molecule has 1 aromatic carbocycles. The number of benzene rings is 1. The molecule has 0 aromatic heterocycles. The number of hydrogen-bond acceptors (Lipinski definition) is 11. The highest BCUT2D eigenvalue weighted by Gasteiger charge is 2.64. The number of carbonyl (C=O) groups is 4. The SMILES string of the molecule is CCCCCCCCCCCNCC(=O)Nc1cc(N(C)C)c2c(c1O)C(O)=C1C(=O)C3(O)C(O)=C(C(N)=O)C(=O)[C@@H](N(C)C)C3CC1C2.Cl.Cl. The van der Waals surface area contributed by atoms with Crippen LogP contribution in [0.25, 0.3) is 5.76 Å². The zero-order valence-electron chi connectivity index (χ0n) is 30.2. The van der Waals surface area contributed by atoms with Gasteiger partial charge in [-0.15, -0.1) is 24.8 Å². The molecule has 3 aliphatic carbocycles. The number of aliphatic hydroxyl groups is 3. The van der Waals surface area contributed by atoms with Gasteiger partial charge in [0.1, 0.15) is 22.8 Å². The van der Waals surface area contributed by atoms with Crippen molar-refractivity contribution in [2.45, 2.75) is 89.2 Å². The van der Waals surface area contributed by atoms with Crippen molar-refractivity contribution >= 4 is 65.3 Å². The van der Waals surface area contributed by atoms with Crippen LogP contribution in [0.5, 0.6) is 5.75 Å². The predicted molar refractivity (Wildman–Crippen MR) is 202 cm³/mol. The number of halogens is 2. The highest BCUT2D eigenvalue weighted by atomic mass is 35.5. The zero-order valence-corrected chi connectivity index (χ0v) is 31.8. The molecule has 0 saturated heterocycles. The van der Waals surface area contributed by atoms with Gasteiger partial charge in [0.2, 0.25) is 11.7 Å². The van der Waals surface area contributed by atoms with E-state index in [2.05, 4.69) is 17.6 Å². The number of likely N-dealkylation sites (N-methyl/N-ethyl adjacent to an activating group) is 1.